The van der Waals surface area contributed by atoms with Crippen LogP contribution in [0.2, 0.25) is 0 Å². The highest BCUT2D eigenvalue weighted by molar-refractivity contribution is 5.94. The number of nitrogens with zero attached hydrogens (tertiary/aromatic N) is 2. The summed E-state index contributed by atoms with van der Waals surface area (Å²) in [5, 5.41) is 3.37. The fraction of sp³-hybridized carbons (Fsp3) is 0.684. The normalized spacial score (nSPS) is 32.0. The van der Waals surface area contributed by atoms with Gasteiger partial charge in [0.25, 0.3) is 5.91 Å². The zero-order valence-electron chi connectivity index (χ0n) is 14.4. The van der Waals surface area contributed by atoms with Gasteiger partial charge in [-0.05, 0) is 55.1 Å². The van der Waals surface area contributed by atoms with E-state index in [1.807, 2.05) is 12.1 Å². The van der Waals surface area contributed by atoms with E-state index in [1.165, 1.54) is 19.3 Å². The lowest BCUT2D eigenvalue weighted by molar-refractivity contribution is 0.0708. The van der Waals surface area contributed by atoms with Crippen LogP contribution in [-0.4, -0.2) is 34.4 Å². The molecule has 2 aliphatic carbocycles. The number of anilines is 1. The maximum Gasteiger partial charge on any atom is 0.255 e. The number of hydrogen-bond donors (Lipinski definition) is 1. The first-order chi connectivity index (χ1) is 10.8. The van der Waals surface area contributed by atoms with Crippen LogP contribution in [0.4, 0.5) is 5.82 Å². The number of carbonyl (C=O) groups excluding carboxylic acids is 1. The molecule has 0 radical (unpaired) electrons. The number of nitrogens with one attached hydrogen (secondary N) is 1. The second kappa shape index (κ2) is 4.96. The molecule has 1 saturated heterocycles. The molecule has 2 saturated carbocycles. The van der Waals surface area contributed by atoms with E-state index < -0.39 is 0 Å². The van der Waals surface area contributed by atoms with Crippen molar-refractivity contribution in [2.45, 2.75) is 65.0 Å². The molecule has 2 bridgehead atoms. The third kappa shape index (κ3) is 2.96. The Kier molecular flexibility index (Phi) is 3.23. The molecule has 2 atom stereocenters. The van der Waals surface area contributed by atoms with Gasteiger partial charge in [0.15, 0.2) is 0 Å². The number of hydrogen-bond acceptors (Lipinski definition) is 3. The van der Waals surface area contributed by atoms with Crippen LogP contribution in [0.3, 0.4) is 0 Å². The Balaban J connectivity index is 1.50. The van der Waals surface area contributed by atoms with Crippen molar-refractivity contribution < 1.29 is 4.79 Å². The maximum atomic E-state index is 13.0. The molecular weight excluding hydrogens is 286 g/mol. The van der Waals surface area contributed by atoms with E-state index in [0.29, 0.717) is 17.5 Å². The average molecular weight is 313 g/mol. The van der Waals surface area contributed by atoms with E-state index in [4.69, 9.17) is 0 Å². The van der Waals surface area contributed by atoms with E-state index in [1.54, 1.807) is 6.20 Å². The first-order valence-corrected chi connectivity index (χ1v) is 8.87. The van der Waals surface area contributed by atoms with E-state index in [-0.39, 0.29) is 11.3 Å². The zero-order chi connectivity index (χ0) is 16.2. The summed E-state index contributed by atoms with van der Waals surface area (Å²) in [4.78, 5) is 19.5. The van der Waals surface area contributed by atoms with Gasteiger partial charge in [-0.3, -0.25) is 4.79 Å². The Morgan fingerprint density at radius 2 is 2.04 bits per heavy atom. The van der Waals surface area contributed by atoms with Gasteiger partial charge in [-0.25, -0.2) is 4.98 Å². The first-order valence-electron chi connectivity index (χ1n) is 8.87. The fourth-order valence-electron chi connectivity index (χ4n) is 4.91. The SMILES string of the molecule is CC1(C)CC2CC(C)(CN2C(=O)c2ccc(NC3CC3)nc2)C1. The highest BCUT2D eigenvalue weighted by atomic mass is 16.2. The van der Waals surface area contributed by atoms with Gasteiger partial charge < -0.3 is 10.2 Å². The minimum absolute atomic E-state index is 0.155. The maximum absolute atomic E-state index is 13.0. The molecule has 0 aromatic carbocycles. The second-order valence-electron chi connectivity index (χ2n) is 9.00. The highest BCUT2D eigenvalue weighted by Crippen LogP contribution is 2.52. The number of fused-ring (bicyclic) bond motifs is 2. The van der Waals surface area contributed by atoms with Crippen LogP contribution in [0.1, 0.15) is 63.2 Å². The van der Waals surface area contributed by atoms with Gasteiger partial charge in [-0.15, -0.1) is 0 Å². The molecule has 3 aliphatic rings. The summed E-state index contributed by atoms with van der Waals surface area (Å²) in [6, 6.07) is 4.85. The van der Waals surface area contributed by atoms with Crippen LogP contribution in [0.25, 0.3) is 0 Å². The summed E-state index contributed by atoms with van der Waals surface area (Å²) in [6.07, 6.45) is 7.67. The van der Waals surface area contributed by atoms with Gasteiger partial charge >= 0.3 is 0 Å². The lowest BCUT2D eigenvalue weighted by Gasteiger charge is -2.39. The Labute approximate surface area is 138 Å². The molecule has 1 amide bonds. The monoisotopic (exact) mass is 313 g/mol. The smallest absolute Gasteiger partial charge is 0.255 e. The van der Waals surface area contributed by atoms with Crippen LogP contribution in [0.5, 0.6) is 0 Å². The molecule has 4 rings (SSSR count). The molecule has 2 heterocycles. The predicted molar refractivity (Wildman–Crippen MR) is 91.4 cm³/mol. The lowest BCUT2D eigenvalue weighted by atomic mass is 9.65. The van der Waals surface area contributed by atoms with Crippen LogP contribution >= 0.6 is 0 Å². The van der Waals surface area contributed by atoms with Gasteiger partial charge in [0.2, 0.25) is 0 Å². The van der Waals surface area contributed by atoms with E-state index in [9.17, 15) is 4.79 Å². The van der Waals surface area contributed by atoms with Crippen LogP contribution in [-0.2, 0) is 0 Å². The molecular formula is C19H27N3O. The summed E-state index contributed by atoms with van der Waals surface area (Å²) in [6.45, 7) is 7.91. The third-order valence-corrected chi connectivity index (χ3v) is 5.62. The molecule has 0 spiro atoms. The lowest BCUT2D eigenvalue weighted by Crippen LogP contribution is -2.37. The Morgan fingerprint density at radius 1 is 1.26 bits per heavy atom. The van der Waals surface area contributed by atoms with Gasteiger partial charge in [-0.1, -0.05) is 20.8 Å². The van der Waals surface area contributed by atoms with Crippen molar-refractivity contribution >= 4 is 11.7 Å². The number of rotatable bonds is 3. The fourth-order valence-corrected chi connectivity index (χ4v) is 4.91. The van der Waals surface area contributed by atoms with Gasteiger partial charge in [-0.2, -0.15) is 0 Å². The van der Waals surface area contributed by atoms with Crippen molar-refractivity contribution in [3.63, 3.8) is 0 Å². The summed E-state index contributed by atoms with van der Waals surface area (Å²) in [5.74, 6) is 1.04. The largest absolute Gasteiger partial charge is 0.367 e. The summed E-state index contributed by atoms with van der Waals surface area (Å²) < 4.78 is 0. The second-order valence-corrected chi connectivity index (χ2v) is 9.00. The topological polar surface area (TPSA) is 45.2 Å². The van der Waals surface area contributed by atoms with E-state index in [0.717, 1.165) is 30.8 Å². The Morgan fingerprint density at radius 3 is 2.70 bits per heavy atom. The summed E-state index contributed by atoms with van der Waals surface area (Å²) in [7, 11) is 0. The standard InChI is InChI=1S/C19H27N3O/c1-18(2)8-15-9-19(3,11-18)12-22(15)17(23)13-4-7-16(20-10-13)21-14-5-6-14/h4,7,10,14-15H,5-6,8-9,11-12H2,1-3H3,(H,20,21). The minimum Gasteiger partial charge on any atom is -0.367 e. The molecule has 23 heavy (non-hydrogen) atoms. The van der Waals surface area contributed by atoms with Gasteiger partial charge in [0, 0.05) is 24.8 Å². The van der Waals surface area contributed by atoms with Crippen molar-refractivity contribution in [2.24, 2.45) is 10.8 Å². The molecule has 3 fully saturated rings. The number of carbonyl (C=O) groups is 1. The molecule has 2 unspecified atom stereocenters. The molecule has 1 aromatic rings. The van der Waals surface area contributed by atoms with E-state index >= 15 is 0 Å². The summed E-state index contributed by atoms with van der Waals surface area (Å²) in [5.41, 5.74) is 1.34. The van der Waals surface area contributed by atoms with Gasteiger partial charge in [0.1, 0.15) is 5.82 Å². The van der Waals surface area contributed by atoms with Gasteiger partial charge in [0.05, 0.1) is 5.56 Å². The van der Waals surface area contributed by atoms with Crippen molar-refractivity contribution in [1.29, 1.82) is 0 Å². The number of aromatic nitrogens is 1. The van der Waals surface area contributed by atoms with Crippen molar-refractivity contribution in [3.05, 3.63) is 23.9 Å². The van der Waals surface area contributed by atoms with Crippen molar-refractivity contribution in [1.82, 2.24) is 9.88 Å². The minimum atomic E-state index is 0.155. The molecule has 4 heteroatoms. The van der Waals surface area contributed by atoms with Crippen molar-refractivity contribution in [2.75, 3.05) is 11.9 Å². The number of likely N-dealkylation sites (tertiary alicyclic amines) is 1. The quantitative estimate of drug-likeness (QED) is 0.925. The van der Waals surface area contributed by atoms with Crippen LogP contribution in [0.15, 0.2) is 18.3 Å². The average Bonchev–Trinajstić information content (AvgIpc) is 3.22. The molecule has 124 valence electrons. The zero-order valence-corrected chi connectivity index (χ0v) is 14.4. The highest BCUT2D eigenvalue weighted by Gasteiger charge is 2.51. The third-order valence-electron chi connectivity index (χ3n) is 5.62. The van der Waals surface area contributed by atoms with Crippen LogP contribution < -0.4 is 5.32 Å². The molecule has 1 aliphatic heterocycles. The first kappa shape index (κ1) is 15.0. The molecule has 4 nitrogen and oxygen atoms in total. The summed E-state index contributed by atoms with van der Waals surface area (Å²) >= 11 is 0. The predicted octanol–water partition coefficient (Wildman–Crippen LogP) is 3.70. The van der Waals surface area contributed by atoms with Crippen LogP contribution in [0, 0.1) is 10.8 Å². The number of pyridine rings is 1. The molecule has 1 N–H and O–H groups in total. The van der Waals surface area contributed by atoms with E-state index in [2.05, 4.69) is 36.0 Å². The molecule has 1 aromatic heterocycles. The Bertz CT molecular complexity index is 620. The Hall–Kier alpha value is -1.58. The number of amides is 1. The van der Waals surface area contributed by atoms with Crippen molar-refractivity contribution in [3.8, 4) is 0 Å².